The highest BCUT2D eigenvalue weighted by molar-refractivity contribution is 5.93. The number of nitrogens with two attached hydrogens (primary N) is 1. The number of nitrogens with one attached hydrogen (secondary N) is 3. The van der Waals surface area contributed by atoms with Crippen LogP contribution >= 0.6 is 0 Å². The minimum atomic E-state index is -1.58. The van der Waals surface area contributed by atoms with Crippen LogP contribution in [0.3, 0.4) is 0 Å². The molecule has 0 aromatic heterocycles. The summed E-state index contributed by atoms with van der Waals surface area (Å²) in [4.78, 5) is 47.3. The zero-order valence-electron chi connectivity index (χ0n) is 16.3. The summed E-state index contributed by atoms with van der Waals surface area (Å²) < 4.78 is 0. The van der Waals surface area contributed by atoms with Crippen molar-refractivity contribution in [2.45, 2.75) is 70.2 Å². The van der Waals surface area contributed by atoms with Gasteiger partial charge in [-0.25, -0.2) is 4.79 Å². The fraction of sp³-hybridized carbons (Fsp3) is 0.765. The molecule has 0 saturated heterocycles. The first-order valence-electron chi connectivity index (χ1n) is 9.29. The zero-order valence-corrected chi connectivity index (χ0v) is 16.3. The second-order valence-corrected chi connectivity index (χ2v) is 6.48. The highest BCUT2D eigenvalue weighted by Crippen LogP contribution is 2.03. The lowest BCUT2D eigenvalue weighted by molar-refractivity contribution is -0.144. The minimum absolute atomic E-state index is 0.227. The largest absolute Gasteiger partial charge is 0.480 e. The fourth-order valence-corrected chi connectivity index (χ4v) is 2.32. The molecule has 28 heavy (non-hydrogen) atoms. The lowest BCUT2D eigenvalue weighted by Crippen LogP contribution is -2.60. The topological polar surface area (TPSA) is 191 Å². The SMILES string of the molecule is CCCCCCC(=O)N[C@@H](CN)C(=O)N[C@H](C(=O)N[C@H](CO)C(=O)O)[C@@H](C)O. The van der Waals surface area contributed by atoms with Gasteiger partial charge in [0.05, 0.1) is 12.7 Å². The molecule has 3 amide bonds. The Balaban J connectivity index is 4.84. The molecule has 0 aromatic carbocycles. The fourth-order valence-electron chi connectivity index (χ4n) is 2.32. The maximum absolute atomic E-state index is 12.3. The number of carbonyl (C=O) groups excluding carboxylic acids is 3. The molecule has 0 spiro atoms. The van der Waals surface area contributed by atoms with E-state index in [-0.39, 0.29) is 18.9 Å². The molecular weight excluding hydrogens is 372 g/mol. The highest BCUT2D eigenvalue weighted by atomic mass is 16.4. The number of hydrogen-bond acceptors (Lipinski definition) is 7. The van der Waals surface area contributed by atoms with Gasteiger partial charge in [-0.2, -0.15) is 0 Å². The van der Waals surface area contributed by atoms with Gasteiger partial charge in [0.25, 0.3) is 0 Å². The molecule has 162 valence electrons. The van der Waals surface area contributed by atoms with E-state index in [9.17, 15) is 24.3 Å². The van der Waals surface area contributed by atoms with Gasteiger partial charge in [-0.15, -0.1) is 0 Å². The van der Waals surface area contributed by atoms with Crippen LogP contribution in [0.25, 0.3) is 0 Å². The van der Waals surface area contributed by atoms with E-state index in [4.69, 9.17) is 15.9 Å². The molecule has 0 aliphatic heterocycles. The molecule has 0 heterocycles. The Kier molecular flexibility index (Phi) is 12.7. The molecule has 0 aliphatic carbocycles. The van der Waals surface area contributed by atoms with Gasteiger partial charge >= 0.3 is 5.97 Å². The number of unbranched alkanes of at least 4 members (excludes halogenated alkanes) is 3. The second-order valence-electron chi connectivity index (χ2n) is 6.48. The zero-order chi connectivity index (χ0) is 21.7. The van der Waals surface area contributed by atoms with E-state index in [0.717, 1.165) is 19.3 Å². The van der Waals surface area contributed by atoms with Crippen molar-refractivity contribution in [1.29, 1.82) is 0 Å². The third-order valence-electron chi connectivity index (χ3n) is 4.00. The van der Waals surface area contributed by atoms with E-state index in [1.807, 2.05) is 12.2 Å². The van der Waals surface area contributed by atoms with E-state index < -0.39 is 48.6 Å². The average Bonchev–Trinajstić information content (AvgIpc) is 2.64. The second kappa shape index (κ2) is 13.9. The minimum Gasteiger partial charge on any atom is -0.480 e. The van der Waals surface area contributed by atoms with Crippen molar-refractivity contribution < 1.29 is 34.5 Å². The number of rotatable bonds is 14. The van der Waals surface area contributed by atoms with Crippen molar-refractivity contribution in [3.8, 4) is 0 Å². The average molecular weight is 404 g/mol. The van der Waals surface area contributed by atoms with Gasteiger partial charge in [-0.3, -0.25) is 14.4 Å². The van der Waals surface area contributed by atoms with Crippen LogP contribution in [0.4, 0.5) is 0 Å². The van der Waals surface area contributed by atoms with Crippen molar-refractivity contribution in [3.05, 3.63) is 0 Å². The van der Waals surface area contributed by atoms with Crippen LogP contribution in [0, 0.1) is 0 Å². The Bertz CT molecular complexity index is 528. The van der Waals surface area contributed by atoms with Gasteiger partial charge in [-0.1, -0.05) is 26.2 Å². The lowest BCUT2D eigenvalue weighted by Gasteiger charge is -2.25. The molecule has 0 unspecified atom stereocenters. The number of carboxylic acids is 1. The summed E-state index contributed by atoms with van der Waals surface area (Å²) in [5.41, 5.74) is 5.52. The smallest absolute Gasteiger partial charge is 0.328 e. The molecule has 11 heteroatoms. The number of aliphatic carboxylic acids is 1. The number of aliphatic hydroxyl groups is 2. The first-order valence-corrected chi connectivity index (χ1v) is 9.29. The maximum atomic E-state index is 12.3. The normalized spacial score (nSPS) is 15.0. The monoisotopic (exact) mass is 404 g/mol. The first kappa shape index (κ1) is 25.8. The quantitative estimate of drug-likeness (QED) is 0.159. The summed E-state index contributed by atoms with van der Waals surface area (Å²) in [5, 5.41) is 34.3. The Morgan fingerprint density at radius 2 is 1.61 bits per heavy atom. The van der Waals surface area contributed by atoms with E-state index in [0.29, 0.717) is 6.42 Å². The summed E-state index contributed by atoms with van der Waals surface area (Å²) in [6.07, 6.45) is 2.47. The molecule has 0 fully saturated rings. The Morgan fingerprint density at radius 1 is 0.964 bits per heavy atom. The summed E-state index contributed by atoms with van der Waals surface area (Å²) >= 11 is 0. The lowest BCUT2D eigenvalue weighted by atomic mass is 10.1. The number of carboxylic acid groups (broad SMARTS) is 1. The molecule has 8 N–H and O–H groups in total. The summed E-state index contributed by atoms with van der Waals surface area (Å²) in [7, 11) is 0. The Labute approximate surface area is 164 Å². The van der Waals surface area contributed by atoms with Crippen molar-refractivity contribution >= 4 is 23.7 Å². The van der Waals surface area contributed by atoms with Crippen molar-refractivity contribution in [2.75, 3.05) is 13.2 Å². The Morgan fingerprint density at radius 3 is 2.07 bits per heavy atom. The molecular formula is C17H32N4O7. The molecule has 0 saturated carbocycles. The van der Waals surface area contributed by atoms with E-state index >= 15 is 0 Å². The van der Waals surface area contributed by atoms with Crippen molar-refractivity contribution in [1.82, 2.24) is 16.0 Å². The van der Waals surface area contributed by atoms with Gasteiger partial charge in [0.15, 0.2) is 0 Å². The standard InChI is InChI=1S/C17H32N4O7/c1-3-4-5-6-7-13(24)19-11(8-18)15(25)21-14(10(2)23)16(26)20-12(9-22)17(27)28/h10-12,14,22-23H,3-9,18H2,1-2H3,(H,19,24)(H,20,26)(H,21,25)(H,27,28)/t10-,11+,12-,14+/m1/s1. The summed E-state index contributed by atoms with van der Waals surface area (Å²) in [6.45, 7) is 2.18. The van der Waals surface area contributed by atoms with Crippen LogP contribution in [-0.2, 0) is 19.2 Å². The van der Waals surface area contributed by atoms with Gasteiger partial charge in [0, 0.05) is 13.0 Å². The van der Waals surface area contributed by atoms with Crippen LogP contribution in [0.15, 0.2) is 0 Å². The van der Waals surface area contributed by atoms with Crippen LogP contribution < -0.4 is 21.7 Å². The van der Waals surface area contributed by atoms with Gasteiger partial charge in [-0.05, 0) is 13.3 Å². The van der Waals surface area contributed by atoms with Gasteiger partial charge < -0.3 is 37.0 Å². The number of carbonyl (C=O) groups is 4. The van der Waals surface area contributed by atoms with Crippen molar-refractivity contribution in [2.24, 2.45) is 5.73 Å². The highest BCUT2D eigenvalue weighted by Gasteiger charge is 2.31. The van der Waals surface area contributed by atoms with E-state index in [2.05, 4.69) is 10.6 Å². The van der Waals surface area contributed by atoms with Crippen LogP contribution in [0.5, 0.6) is 0 Å². The molecule has 11 nitrogen and oxygen atoms in total. The van der Waals surface area contributed by atoms with E-state index in [1.165, 1.54) is 6.92 Å². The third kappa shape index (κ3) is 9.62. The van der Waals surface area contributed by atoms with Crippen LogP contribution in [0.2, 0.25) is 0 Å². The molecule has 0 radical (unpaired) electrons. The molecule has 0 rings (SSSR count). The molecule has 4 atom stereocenters. The third-order valence-corrected chi connectivity index (χ3v) is 4.00. The predicted octanol–water partition coefficient (Wildman–Crippen LogP) is -2.17. The van der Waals surface area contributed by atoms with Crippen LogP contribution in [-0.4, -0.2) is 76.4 Å². The molecule has 0 bridgehead atoms. The first-order chi connectivity index (χ1) is 13.2. The summed E-state index contributed by atoms with van der Waals surface area (Å²) in [6, 6.07) is -4.18. The number of hydrogen-bond donors (Lipinski definition) is 7. The Hall–Kier alpha value is -2.24. The maximum Gasteiger partial charge on any atom is 0.328 e. The van der Waals surface area contributed by atoms with Crippen LogP contribution in [0.1, 0.15) is 46.0 Å². The predicted molar refractivity (Wildman–Crippen MR) is 100 cm³/mol. The van der Waals surface area contributed by atoms with E-state index in [1.54, 1.807) is 0 Å². The van der Waals surface area contributed by atoms with Gasteiger partial charge in [0.1, 0.15) is 18.1 Å². The molecule has 0 aromatic rings. The van der Waals surface area contributed by atoms with Gasteiger partial charge in [0.2, 0.25) is 17.7 Å². The number of amides is 3. The van der Waals surface area contributed by atoms with Crippen molar-refractivity contribution in [3.63, 3.8) is 0 Å². The number of aliphatic hydroxyl groups excluding tert-OH is 2. The molecule has 0 aliphatic rings. The summed E-state index contributed by atoms with van der Waals surface area (Å²) in [5.74, 6) is -3.61.